The topological polar surface area (TPSA) is 82.5 Å². The van der Waals surface area contributed by atoms with E-state index in [4.69, 9.17) is 5.11 Å². The summed E-state index contributed by atoms with van der Waals surface area (Å²) in [5.41, 5.74) is 1.18. The van der Waals surface area contributed by atoms with Crippen molar-refractivity contribution in [3.05, 3.63) is 16.6 Å². The van der Waals surface area contributed by atoms with Crippen LogP contribution in [-0.2, 0) is 11.3 Å². The Labute approximate surface area is 103 Å². The molecule has 6 nitrogen and oxygen atoms in total. The normalized spacial score (nSPS) is 11.0. The number of carboxylic acids is 1. The highest BCUT2D eigenvalue weighted by Gasteiger charge is 2.30. The highest BCUT2D eigenvalue weighted by Crippen LogP contribution is 2.06. The van der Waals surface area contributed by atoms with E-state index in [1.807, 2.05) is 5.38 Å². The molecule has 1 heterocycles. The average Bonchev–Trinajstić information content (AvgIpc) is 2.69. The molecule has 0 aliphatic heterocycles. The van der Waals surface area contributed by atoms with Gasteiger partial charge in [-0.2, -0.15) is 0 Å². The standard InChI is InChI=1S/C10H15N3O3S/c1-10(2,8(14)15)12-9(16)13(3)4-7-5-17-6-11-7/h5-6H,4H2,1-3H3,(H,12,16)(H,14,15). The monoisotopic (exact) mass is 257 g/mol. The van der Waals surface area contributed by atoms with E-state index in [2.05, 4.69) is 10.3 Å². The van der Waals surface area contributed by atoms with Crippen LogP contribution in [0.15, 0.2) is 10.9 Å². The molecule has 17 heavy (non-hydrogen) atoms. The number of hydrogen-bond donors (Lipinski definition) is 2. The van der Waals surface area contributed by atoms with Crippen LogP contribution in [0.2, 0.25) is 0 Å². The summed E-state index contributed by atoms with van der Waals surface area (Å²) in [6.45, 7) is 3.22. The number of aliphatic carboxylic acids is 1. The molecular formula is C10H15N3O3S. The van der Waals surface area contributed by atoms with Crippen LogP contribution in [0.4, 0.5) is 4.79 Å². The molecule has 94 valence electrons. The summed E-state index contributed by atoms with van der Waals surface area (Å²) in [5, 5.41) is 13.2. The van der Waals surface area contributed by atoms with E-state index in [1.54, 1.807) is 12.6 Å². The predicted molar refractivity (Wildman–Crippen MR) is 63.8 cm³/mol. The number of carboxylic acid groups (broad SMARTS) is 1. The molecule has 0 radical (unpaired) electrons. The maximum Gasteiger partial charge on any atom is 0.328 e. The lowest BCUT2D eigenvalue weighted by molar-refractivity contribution is -0.143. The maximum absolute atomic E-state index is 11.7. The Kier molecular flexibility index (Phi) is 4.06. The number of carbonyl (C=O) groups is 2. The van der Waals surface area contributed by atoms with Crippen LogP contribution in [-0.4, -0.2) is 39.6 Å². The minimum atomic E-state index is -1.28. The number of thiazole rings is 1. The smallest absolute Gasteiger partial charge is 0.328 e. The van der Waals surface area contributed by atoms with Crippen molar-refractivity contribution in [1.29, 1.82) is 0 Å². The van der Waals surface area contributed by atoms with E-state index in [-0.39, 0.29) is 0 Å². The number of nitrogens with zero attached hydrogens (tertiary/aromatic N) is 2. The Morgan fingerprint density at radius 3 is 2.71 bits per heavy atom. The van der Waals surface area contributed by atoms with Gasteiger partial charge in [-0.25, -0.2) is 14.6 Å². The first-order valence-corrected chi connectivity index (χ1v) is 5.91. The first-order chi connectivity index (χ1) is 7.83. The van der Waals surface area contributed by atoms with Gasteiger partial charge >= 0.3 is 12.0 Å². The van der Waals surface area contributed by atoms with Crippen LogP contribution in [0, 0.1) is 0 Å². The van der Waals surface area contributed by atoms with E-state index < -0.39 is 17.5 Å². The number of rotatable bonds is 4. The van der Waals surface area contributed by atoms with Crippen LogP contribution in [0.3, 0.4) is 0 Å². The zero-order chi connectivity index (χ0) is 13.1. The van der Waals surface area contributed by atoms with Crippen molar-refractivity contribution in [3.63, 3.8) is 0 Å². The molecule has 7 heteroatoms. The van der Waals surface area contributed by atoms with E-state index in [0.717, 1.165) is 5.69 Å². The summed E-state index contributed by atoms with van der Waals surface area (Å²) in [5.74, 6) is -1.08. The second-order valence-corrected chi connectivity index (χ2v) is 4.91. The van der Waals surface area contributed by atoms with Crippen LogP contribution in [0.25, 0.3) is 0 Å². The number of carbonyl (C=O) groups excluding carboxylic acids is 1. The highest BCUT2D eigenvalue weighted by atomic mass is 32.1. The average molecular weight is 257 g/mol. The Bertz CT molecular complexity index is 403. The van der Waals surface area contributed by atoms with Gasteiger partial charge in [-0.1, -0.05) is 0 Å². The van der Waals surface area contributed by atoms with Crippen molar-refractivity contribution in [2.24, 2.45) is 0 Å². The summed E-state index contributed by atoms with van der Waals surface area (Å²) in [6, 6.07) is -0.439. The third-order valence-corrected chi connectivity index (χ3v) is 2.82. The Balaban J connectivity index is 2.56. The Hall–Kier alpha value is -1.63. The molecule has 1 aromatic heterocycles. The third-order valence-electron chi connectivity index (χ3n) is 2.18. The number of amides is 2. The largest absolute Gasteiger partial charge is 0.480 e. The number of nitrogens with one attached hydrogen (secondary N) is 1. The molecule has 0 aromatic carbocycles. The fourth-order valence-corrected chi connectivity index (χ4v) is 1.60. The van der Waals surface area contributed by atoms with Gasteiger partial charge in [-0.05, 0) is 13.8 Å². The lowest BCUT2D eigenvalue weighted by Crippen LogP contribution is -2.53. The molecule has 1 aromatic rings. The van der Waals surface area contributed by atoms with E-state index >= 15 is 0 Å². The minimum absolute atomic E-state index is 0.352. The zero-order valence-electron chi connectivity index (χ0n) is 9.93. The van der Waals surface area contributed by atoms with Gasteiger partial charge < -0.3 is 15.3 Å². The van der Waals surface area contributed by atoms with Gasteiger partial charge in [0.25, 0.3) is 0 Å². The van der Waals surface area contributed by atoms with Crippen LogP contribution in [0.1, 0.15) is 19.5 Å². The van der Waals surface area contributed by atoms with Crippen molar-refractivity contribution in [2.75, 3.05) is 7.05 Å². The molecule has 0 spiro atoms. The van der Waals surface area contributed by atoms with Crippen LogP contribution >= 0.6 is 11.3 Å². The van der Waals surface area contributed by atoms with Gasteiger partial charge in [0.2, 0.25) is 0 Å². The molecule has 0 atom stereocenters. The Morgan fingerprint density at radius 2 is 2.24 bits per heavy atom. The van der Waals surface area contributed by atoms with E-state index in [0.29, 0.717) is 6.54 Å². The van der Waals surface area contributed by atoms with E-state index in [1.165, 1.54) is 30.1 Å². The SMILES string of the molecule is CN(Cc1cscn1)C(=O)NC(C)(C)C(=O)O. The fourth-order valence-electron chi connectivity index (χ4n) is 1.05. The second-order valence-electron chi connectivity index (χ2n) is 4.20. The lowest BCUT2D eigenvalue weighted by Gasteiger charge is -2.25. The van der Waals surface area contributed by atoms with Crippen molar-refractivity contribution < 1.29 is 14.7 Å². The molecule has 0 aliphatic rings. The number of urea groups is 1. The summed E-state index contributed by atoms with van der Waals surface area (Å²) in [6.07, 6.45) is 0. The third kappa shape index (κ3) is 3.70. The first-order valence-electron chi connectivity index (χ1n) is 4.96. The second kappa shape index (κ2) is 5.13. The fraction of sp³-hybridized carbons (Fsp3) is 0.500. The van der Waals surface area contributed by atoms with Gasteiger partial charge in [0.05, 0.1) is 17.7 Å². The highest BCUT2D eigenvalue weighted by molar-refractivity contribution is 7.07. The van der Waals surface area contributed by atoms with Gasteiger partial charge in [0, 0.05) is 12.4 Å². The lowest BCUT2D eigenvalue weighted by atomic mass is 10.1. The summed E-state index contributed by atoms with van der Waals surface area (Å²) < 4.78 is 0. The minimum Gasteiger partial charge on any atom is -0.480 e. The summed E-state index contributed by atoms with van der Waals surface area (Å²) in [4.78, 5) is 28.0. The maximum atomic E-state index is 11.7. The van der Waals surface area contributed by atoms with E-state index in [9.17, 15) is 9.59 Å². The van der Waals surface area contributed by atoms with Gasteiger partial charge in [-0.15, -0.1) is 11.3 Å². The first kappa shape index (κ1) is 13.4. The number of hydrogen-bond acceptors (Lipinski definition) is 4. The van der Waals surface area contributed by atoms with Gasteiger partial charge in [0.15, 0.2) is 0 Å². The molecule has 2 amide bonds. The Morgan fingerprint density at radius 1 is 1.59 bits per heavy atom. The van der Waals surface area contributed by atoms with Crippen molar-refractivity contribution in [1.82, 2.24) is 15.2 Å². The number of aromatic nitrogens is 1. The van der Waals surface area contributed by atoms with Crippen molar-refractivity contribution in [3.8, 4) is 0 Å². The molecule has 0 aliphatic carbocycles. The van der Waals surface area contributed by atoms with Crippen LogP contribution < -0.4 is 5.32 Å². The zero-order valence-corrected chi connectivity index (χ0v) is 10.7. The van der Waals surface area contributed by atoms with Crippen molar-refractivity contribution in [2.45, 2.75) is 25.9 Å². The molecule has 0 unspecified atom stereocenters. The van der Waals surface area contributed by atoms with Crippen molar-refractivity contribution >= 4 is 23.3 Å². The quantitative estimate of drug-likeness (QED) is 0.847. The van der Waals surface area contributed by atoms with Crippen LogP contribution in [0.5, 0.6) is 0 Å². The molecular weight excluding hydrogens is 242 g/mol. The predicted octanol–water partition coefficient (Wildman–Crippen LogP) is 1.15. The molecule has 2 N–H and O–H groups in total. The molecule has 0 fully saturated rings. The van der Waals surface area contributed by atoms with Gasteiger partial charge in [-0.3, -0.25) is 0 Å². The van der Waals surface area contributed by atoms with Gasteiger partial charge in [0.1, 0.15) is 5.54 Å². The molecule has 1 rings (SSSR count). The summed E-state index contributed by atoms with van der Waals surface area (Å²) in [7, 11) is 1.59. The molecule has 0 saturated heterocycles. The molecule has 0 bridgehead atoms. The summed E-state index contributed by atoms with van der Waals surface area (Å²) >= 11 is 1.45. The molecule has 0 saturated carbocycles.